The molecule has 0 aromatic heterocycles. The number of piperidine rings is 1. The second kappa shape index (κ2) is 9.27. The van der Waals surface area contributed by atoms with Crippen molar-refractivity contribution >= 4 is 35.1 Å². The number of nitrogens with one attached hydrogen (secondary N) is 3. The molecular weight excluding hydrogens is 363 g/mol. The number of carbonyl (C=O) groups is 2. The number of hydrogen-bond donors (Lipinski definition) is 3. The van der Waals surface area contributed by atoms with E-state index < -0.39 is 0 Å². The van der Waals surface area contributed by atoms with Crippen LogP contribution >= 0.6 is 23.2 Å². The van der Waals surface area contributed by atoms with Crippen molar-refractivity contribution in [3.63, 3.8) is 0 Å². The van der Waals surface area contributed by atoms with E-state index in [0.29, 0.717) is 16.6 Å². The van der Waals surface area contributed by atoms with E-state index in [1.54, 1.807) is 19.2 Å². The lowest BCUT2D eigenvalue weighted by Crippen LogP contribution is -2.49. The number of urea groups is 1. The third kappa shape index (κ3) is 6.06. The number of halogens is 2. The van der Waals surface area contributed by atoms with Gasteiger partial charge in [0.05, 0.1) is 12.6 Å². The first-order valence-corrected chi connectivity index (χ1v) is 9.09. The smallest absolute Gasteiger partial charge is 0.315 e. The van der Waals surface area contributed by atoms with E-state index in [1.165, 1.54) is 0 Å². The summed E-state index contributed by atoms with van der Waals surface area (Å²) in [7, 11) is 1.63. The van der Waals surface area contributed by atoms with Gasteiger partial charge in [-0.25, -0.2) is 4.79 Å². The number of benzene rings is 1. The van der Waals surface area contributed by atoms with Crippen molar-refractivity contribution in [2.75, 3.05) is 26.7 Å². The van der Waals surface area contributed by atoms with Crippen molar-refractivity contribution in [1.82, 2.24) is 20.9 Å². The van der Waals surface area contributed by atoms with Crippen molar-refractivity contribution in [2.45, 2.75) is 31.8 Å². The van der Waals surface area contributed by atoms with E-state index >= 15 is 0 Å². The van der Waals surface area contributed by atoms with Gasteiger partial charge in [-0.1, -0.05) is 29.3 Å². The van der Waals surface area contributed by atoms with E-state index in [0.717, 1.165) is 31.5 Å². The van der Waals surface area contributed by atoms with Crippen LogP contribution in [0.5, 0.6) is 0 Å². The fraction of sp³-hybridized carbons (Fsp3) is 0.529. The topological polar surface area (TPSA) is 73.5 Å². The van der Waals surface area contributed by atoms with Crippen molar-refractivity contribution in [1.29, 1.82) is 0 Å². The predicted molar refractivity (Wildman–Crippen MR) is 100 cm³/mol. The van der Waals surface area contributed by atoms with Crippen LogP contribution in [0.25, 0.3) is 0 Å². The van der Waals surface area contributed by atoms with Crippen LogP contribution < -0.4 is 16.0 Å². The normalized spacial score (nSPS) is 17.0. The Hall–Kier alpha value is -1.50. The van der Waals surface area contributed by atoms with Crippen LogP contribution in [-0.2, 0) is 4.79 Å². The largest absolute Gasteiger partial charge is 0.358 e. The van der Waals surface area contributed by atoms with Crippen molar-refractivity contribution in [2.24, 2.45) is 0 Å². The molecule has 0 aliphatic carbocycles. The van der Waals surface area contributed by atoms with Crippen molar-refractivity contribution in [3.8, 4) is 0 Å². The van der Waals surface area contributed by atoms with E-state index in [2.05, 4.69) is 20.9 Å². The van der Waals surface area contributed by atoms with E-state index in [1.807, 2.05) is 13.0 Å². The van der Waals surface area contributed by atoms with Crippen LogP contribution in [0.2, 0.25) is 10.0 Å². The van der Waals surface area contributed by atoms with E-state index in [-0.39, 0.29) is 24.0 Å². The van der Waals surface area contributed by atoms with Gasteiger partial charge < -0.3 is 16.0 Å². The average Bonchev–Trinajstić information content (AvgIpc) is 2.56. The number of carbonyl (C=O) groups excluding carboxylic acids is 2. The summed E-state index contributed by atoms with van der Waals surface area (Å²) in [5.41, 5.74) is 0.821. The highest BCUT2D eigenvalue weighted by Gasteiger charge is 2.22. The summed E-state index contributed by atoms with van der Waals surface area (Å²) in [5.74, 6) is 0.0119. The molecular formula is C17H24Cl2N4O2. The summed E-state index contributed by atoms with van der Waals surface area (Å²) in [5, 5.41) is 9.61. The molecule has 1 aliphatic rings. The molecule has 1 aromatic rings. The number of likely N-dealkylation sites (N-methyl/N-ethyl adjacent to an activating group) is 1. The standard InChI is InChI=1S/C17H24Cl2N4O2/c1-11(14-4-3-12(18)9-15(14)19)21-17(25)22-13-5-7-23(8-6-13)10-16(24)20-2/h3-4,9,11,13H,5-8,10H2,1-2H3,(H,20,24)(H2,21,22,25). The zero-order chi connectivity index (χ0) is 18.4. The molecule has 2 rings (SSSR count). The fourth-order valence-corrected chi connectivity index (χ4v) is 3.44. The molecule has 0 bridgehead atoms. The van der Waals surface area contributed by atoms with Crippen LogP contribution in [0.4, 0.5) is 4.79 Å². The van der Waals surface area contributed by atoms with Gasteiger partial charge in [-0.3, -0.25) is 9.69 Å². The summed E-state index contributed by atoms with van der Waals surface area (Å²) in [6.45, 7) is 3.86. The van der Waals surface area contributed by atoms with Crippen LogP contribution in [0, 0.1) is 0 Å². The van der Waals surface area contributed by atoms with Crippen LogP contribution in [0.3, 0.4) is 0 Å². The highest BCUT2D eigenvalue weighted by molar-refractivity contribution is 6.35. The number of rotatable bonds is 5. The Morgan fingerprint density at radius 2 is 1.96 bits per heavy atom. The maximum absolute atomic E-state index is 12.2. The Morgan fingerprint density at radius 3 is 2.56 bits per heavy atom. The number of amides is 3. The number of hydrogen-bond acceptors (Lipinski definition) is 3. The maximum atomic E-state index is 12.2. The molecule has 6 nitrogen and oxygen atoms in total. The Labute approximate surface area is 158 Å². The summed E-state index contributed by atoms with van der Waals surface area (Å²) in [4.78, 5) is 25.7. The third-order valence-electron chi connectivity index (χ3n) is 4.35. The summed E-state index contributed by atoms with van der Waals surface area (Å²) < 4.78 is 0. The molecule has 3 amide bonds. The molecule has 3 N–H and O–H groups in total. The molecule has 1 fully saturated rings. The predicted octanol–water partition coefficient (Wildman–Crippen LogP) is 2.56. The monoisotopic (exact) mass is 386 g/mol. The summed E-state index contributed by atoms with van der Waals surface area (Å²) in [6.07, 6.45) is 1.64. The Balaban J connectivity index is 1.78. The molecule has 1 unspecified atom stereocenters. The van der Waals surface area contributed by atoms with E-state index in [4.69, 9.17) is 23.2 Å². The first-order valence-electron chi connectivity index (χ1n) is 8.34. The van der Waals surface area contributed by atoms with Gasteiger partial charge >= 0.3 is 6.03 Å². The first-order chi connectivity index (χ1) is 11.9. The van der Waals surface area contributed by atoms with Gasteiger partial charge in [0.25, 0.3) is 0 Å². The number of likely N-dealkylation sites (tertiary alicyclic amines) is 1. The van der Waals surface area contributed by atoms with Crippen molar-refractivity contribution in [3.05, 3.63) is 33.8 Å². The molecule has 8 heteroatoms. The second-order valence-electron chi connectivity index (χ2n) is 6.23. The Kier molecular flexibility index (Phi) is 7.35. The molecule has 0 spiro atoms. The van der Waals surface area contributed by atoms with Gasteiger partial charge in [0.15, 0.2) is 0 Å². The molecule has 0 radical (unpaired) electrons. The molecule has 25 heavy (non-hydrogen) atoms. The zero-order valence-corrected chi connectivity index (χ0v) is 16.0. The molecule has 0 saturated carbocycles. The minimum atomic E-state index is -0.224. The van der Waals surface area contributed by atoms with Gasteiger partial charge in [-0.2, -0.15) is 0 Å². The highest BCUT2D eigenvalue weighted by Crippen LogP contribution is 2.26. The molecule has 1 aliphatic heterocycles. The first kappa shape index (κ1) is 19.8. The molecule has 1 aromatic carbocycles. The molecule has 1 heterocycles. The Bertz CT molecular complexity index is 619. The van der Waals surface area contributed by atoms with Crippen LogP contribution in [0.15, 0.2) is 18.2 Å². The Morgan fingerprint density at radius 1 is 1.28 bits per heavy atom. The highest BCUT2D eigenvalue weighted by atomic mass is 35.5. The SMILES string of the molecule is CNC(=O)CN1CCC(NC(=O)NC(C)c2ccc(Cl)cc2Cl)CC1. The number of nitrogens with zero attached hydrogens (tertiary/aromatic N) is 1. The quantitative estimate of drug-likeness (QED) is 0.727. The second-order valence-corrected chi connectivity index (χ2v) is 7.07. The maximum Gasteiger partial charge on any atom is 0.315 e. The minimum Gasteiger partial charge on any atom is -0.358 e. The van der Waals surface area contributed by atoms with Gasteiger partial charge in [0.1, 0.15) is 0 Å². The lowest BCUT2D eigenvalue weighted by molar-refractivity contribution is -0.122. The zero-order valence-electron chi connectivity index (χ0n) is 14.4. The molecule has 1 atom stereocenters. The van der Waals surface area contributed by atoms with Gasteiger partial charge in [0, 0.05) is 36.2 Å². The lowest BCUT2D eigenvalue weighted by atomic mass is 10.1. The van der Waals surface area contributed by atoms with Crippen LogP contribution in [0.1, 0.15) is 31.4 Å². The molecule has 1 saturated heterocycles. The minimum absolute atomic E-state index is 0.0119. The van der Waals surface area contributed by atoms with Gasteiger partial charge in [-0.15, -0.1) is 0 Å². The van der Waals surface area contributed by atoms with Gasteiger partial charge in [0.2, 0.25) is 5.91 Å². The lowest BCUT2D eigenvalue weighted by Gasteiger charge is -2.32. The van der Waals surface area contributed by atoms with Gasteiger partial charge in [-0.05, 0) is 37.5 Å². The average molecular weight is 387 g/mol. The fourth-order valence-electron chi connectivity index (χ4n) is 2.87. The summed E-state index contributed by atoms with van der Waals surface area (Å²) in [6, 6.07) is 4.89. The van der Waals surface area contributed by atoms with E-state index in [9.17, 15) is 9.59 Å². The summed E-state index contributed by atoms with van der Waals surface area (Å²) >= 11 is 12.1. The third-order valence-corrected chi connectivity index (χ3v) is 4.91. The van der Waals surface area contributed by atoms with Crippen molar-refractivity contribution < 1.29 is 9.59 Å². The molecule has 138 valence electrons. The van der Waals surface area contributed by atoms with Crippen LogP contribution in [-0.4, -0.2) is 49.6 Å².